The van der Waals surface area contributed by atoms with Crippen molar-refractivity contribution in [3.8, 4) is 0 Å². The molecule has 0 aliphatic carbocycles. The van der Waals surface area contributed by atoms with Crippen molar-refractivity contribution in [2.45, 2.75) is 141 Å². The zero-order valence-electron chi connectivity index (χ0n) is 41.3. The molecule has 19 nitrogen and oxygen atoms in total. The van der Waals surface area contributed by atoms with Crippen molar-refractivity contribution in [1.82, 2.24) is 10.2 Å². The van der Waals surface area contributed by atoms with Crippen LogP contribution in [0, 0.1) is 29.6 Å². The van der Waals surface area contributed by atoms with Crippen LogP contribution in [0.4, 0.5) is 4.79 Å². The quantitative estimate of drug-likeness (QED) is 0.0754. The number of cyclic esters (lactones) is 1. The number of esters is 1. The maximum absolute atomic E-state index is 14.0. The monoisotopic (exact) mass is 948 g/mol. The van der Waals surface area contributed by atoms with Crippen LogP contribution in [0.1, 0.15) is 86.5 Å². The highest BCUT2D eigenvalue weighted by Gasteiger charge is 2.39. The molecule has 4 aliphatic heterocycles. The molecule has 1 fully saturated rings. The van der Waals surface area contributed by atoms with E-state index in [0.717, 1.165) is 6.41 Å². The minimum absolute atomic E-state index is 0.0413. The van der Waals surface area contributed by atoms with E-state index in [4.69, 9.17) is 53.4 Å². The smallest absolute Gasteiger partial charge is 0.405 e. The Balaban J connectivity index is 1.59. The summed E-state index contributed by atoms with van der Waals surface area (Å²) in [6, 6.07) is -0.430. The summed E-state index contributed by atoms with van der Waals surface area (Å²) >= 11 is 0. The Labute approximate surface area is 396 Å². The lowest BCUT2D eigenvalue weighted by atomic mass is 9.84. The summed E-state index contributed by atoms with van der Waals surface area (Å²) in [5.41, 5.74) is 7.33. The number of aliphatic hydroxyl groups is 1. The van der Waals surface area contributed by atoms with E-state index in [1.54, 1.807) is 53.4 Å². The largest absolute Gasteiger partial charge is 0.474 e. The summed E-state index contributed by atoms with van der Waals surface area (Å²) in [5.74, 6) is -1.12. The molecule has 0 spiro atoms. The van der Waals surface area contributed by atoms with Gasteiger partial charge in [-0.25, -0.2) is 14.8 Å². The number of ether oxygens (including phenoxy) is 9. The normalized spacial score (nSPS) is 32.1. The van der Waals surface area contributed by atoms with Gasteiger partial charge in [-0.15, -0.1) is 0 Å². The molecule has 4 heterocycles. The third-order valence-corrected chi connectivity index (χ3v) is 13.5. The summed E-state index contributed by atoms with van der Waals surface area (Å²) in [6.07, 6.45) is 2.15. The van der Waals surface area contributed by atoms with Crippen LogP contribution in [-0.4, -0.2) is 163 Å². The molecule has 378 valence electrons. The first-order chi connectivity index (χ1) is 31.9. The van der Waals surface area contributed by atoms with E-state index in [9.17, 15) is 24.3 Å². The van der Waals surface area contributed by atoms with Crippen LogP contribution in [0.5, 0.6) is 0 Å². The molecule has 1 saturated heterocycles. The Hall–Kier alpha value is -4.40. The number of nitrogens with zero attached hydrogens (tertiary/aromatic N) is 3. The molecule has 19 heteroatoms. The van der Waals surface area contributed by atoms with Gasteiger partial charge < -0.3 is 63.7 Å². The fraction of sp³-hybridized carbons (Fsp3) is 0.750. The lowest BCUT2D eigenvalue weighted by molar-refractivity contribution is -0.159. The highest BCUT2D eigenvalue weighted by molar-refractivity contribution is 6.40. The second kappa shape index (κ2) is 27.0. The minimum atomic E-state index is -1.10. The molecular weight excluding hydrogens is 871 g/mol. The molecule has 4 aliphatic rings. The number of aliphatic hydroxyl groups excluding tert-OH is 1. The van der Waals surface area contributed by atoms with Crippen LogP contribution in [0.25, 0.3) is 0 Å². The van der Waals surface area contributed by atoms with Gasteiger partial charge in [-0.2, -0.15) is 0 Å². The molecule has 67 heavy (non-hydrogen) atoms. The van der Waals surface area contributed by atoms with Crippen LogP contribution < -0.4 is 11.1 Å². The summed E-state index contributed by atoms with van der Waals surface area (Å²) in [7, 11) is 8.07. The number of nitrogens with one attached hydrogen (secondary N) is 1. The Kier molecular flexibility index (Phi) is 22.2. The standard InChI is InChI=1S/C48H77N5O14/c1-27-19-33(66-48(49)58)21-43(57)67-41(22-40(60-9)28(2)15-16-37(55)30(4)44(61-10)29(3)17-18-53(7)26-54)32(6)39(59-8)13-12-14-42-50-35(24-63-42)46-52-36(25-65-46)47-51-34(23-64-47)45(62-11)31(5)38(56)20-27/h12,14,19,26,28-34,38-42,44-45,50,56H,13,15-18,20-25H2,1-11H3,(H2,49,58)/b14-12+,27-19+,46-35+/t28-,29+,30-,31-,32+,33-,34?,38-,39-,40-,41-,42?,44+,45+/m0/s1. The number of primary amides is 1. The lowest BCUT2D eigenvalue weighted by Gasteiger charge is -2.34. The summed E-state index contributed by atoms with van der Waals surface area (Å²) in [4.78, 5) is 61.8. The maximum Gasteiger partial charge on any atom is 0.405 e. The van der Waals surface area contributed by atoms with Crippen molar-refractivity contribution < 1.29 is 66.9 Å². The topological polar surface area (TPSA) is 238 Å². The van der Waals surface area contributed by atoms with Crippen molar-refractivity contribution in [2.75, 3.05) is 61.9 Å². The first kappa shape index (κ1) is 55.2. The Morgan fingerprint density at radius 1 is 1.03 bits per heavy atom. The van der Waals surface area contributed by atoms with E-state index < -0.39 is 66.9 Å². The first-order valence-electron chi connectivity index (χ1n) is 23.4. The van der Waals surface area contributed by atoms with Gasteiger partial charge in [-0.3, -0.25) is 14.4 Å². The van der Waals surface area contributed by atoms with E-state index in [1.165, 1.54) is 0 Å². The number of hydrogen-bond acceptors (Lipinski definition) is 17. The number of hydrogen-bond donors (Lipinski definition) is 3. The average molecular weight is 948 g/mol. The van der Waals surface area contributed by atoms with Gasteiger partial charge in [0.05, 0.1) is 43.5 Å². The molecule has 6 bridgehead atoms. The zero-order valence-corrected chi connectivity index (χ0v) is 41.3. The van der Waals surface area contributed by atoms with Crippen LogP contribution in [-0.2, 0) is 57.0 Å². The van der Waals surface area contributed by atoms with Gasteiger partial charge in [-0.05, 0) is 56.6 Å². The zero-order chi connectivity index (χ0) is 49.4. The Morgan fingerprint density at radius 3 is 2.43 bits per heavy atom. The molecule has 0 saturated carbocycles. The molecule has 4 N–H and O–H groups in total. The number of carbonyl (C=O) groups excluding carboxylic acids is 4. The fourth-order valence-corrected chi connectivity index (χ4v) is 9.25. The van der Waals surface area contributed by atoms with Crippen molar-refractivity contribution >= 4 is 35.9 Å². The fourth-order valence-electron chi connectivity index (χ4n) is 9.25. The average Bonchev–Trinajstić information content (AvgIpc) is 4.09. The SMILES string of the molecule is CO[C@H]([C@H](C)CCN(C)C=O)[C@@H](C)C(=O)CC[C@H](C)[C@H](C[C@@H]1OC(=O)C[C@@H](OC(N)=O)/C=C(\C)C[C@H](O)[C@H](C)[C@@H](OC)C2COC(=N2)C2=N/C(=C3/COC(/C=C/C[C@H](OC)[C@H]1C)N3)OC2)OC. The molecule has 0 aromatic rings. The van der Waals surface area contributed by atoms with Gasteiger partial charge in [0.1, 0.15) is 54.9 Å². The Morgan fingerprint density at radius 2 is 1.78 bits per heavy atom. The van der Waals surface area contributed by atoms with Crippen LogP contribution >= 0.6 is 0 Å². The van der Waals surface area contributed by atoms with Crippen molar-refractivity contribution in [2.24, 2.45) is 45.3 Å². The lowest BCUT2D eigenvalue weighted by Crippen LogP contribution is -2.40. The summed E-state index contributed by atoms with van der Waals surface area (Å²) < 4.78 is 53.3. The van der Waals surface area contributed by atoms with E-state index in [1.807, 2.05) is 46.8 Å². The highest BCUT2D eigenvalue weighted by atomic mass is 16.6. The van der Waals surface area contributed by atoms with E-state index >= 15 is 0 Å². The van der Waals surface area contributed by atoms with Gasteiger partial charge >= 0.3 is 12.1 Å². The van der Waals surface area contributed by atoms with Crippen LogP contribution in [0.2, 0.25) is 0 Å². The van der Waals surface area contributed by atoms with E-state index in [-0.39, 0.29) is 81.1 Å². The number of ketones is 1. The van der Waals surface area contributed by atoms with Crippen molar-refractivity contribution in [1.29, 1.82) is 0 Å². The Bertz CT molecular complexity index is 1800. The van der Waals surface area contributed by atoms with Crippen LogP contribution in [0.3, 0.4) is 0 Å². The van der Waals surface area contributed by atoms with Gasteiger partial charge in [0.2, 0.25) is 18.2 Å². The van der Waals surface area contributed by atoms with E-state index in [0.29, 0.717) is 54.6 Å². The molecule has 2 unspecified atom stereocenters. The number of fused-ring (bicyclic) bond motifs is 5. The molecule has 0 aromatic heterocycles. The molecular formula is C48H77N5O14. The summed E-state index contributed by atoms with van der Waals surface area (Å²) in [6.45, 7) is 12.6. The second-order valence-corrected chi connectivity index (χ2v) is 18.5. The number of rotatable bonds is 18. The highest BCUT2D eigenvalue weighted by Crippen LogP contribution is 2.31. The maximum atomic E-state index is 14.0. The molecule has 4 rings (SSSR count). The third kappa shape index (κ3) is 16.1. The minimum Gasteiger partial charge on any atom is -0.474 e. The second-order valence-electron chi connectivity index (χ2n) is 18.5. The number of amides is 2. The van der Waals surface area contributed by atoms with Crippen molar-refractivity contribution in [3.63, 3.8) is 0 Å². The van der Waals surface area contributed by atoms with Gasteiger partial charge in [0.15, 0.2) is 0 Å². The number of methoxy groups -OCH3 is 4. The molecule has 0 aromatic carbocycles. The number of Topliss-reactive ketones (excluding diaryl/α,β-unsaturated/α-hetero) is 1. The van der Waals surface area contributed by atoms with Gasteiger partial charge in [-0.1, -0.05) is 46.3 Å². The molecule has 2 amide bonds. The number of aliphatic imine (C=N–C) groups is 2. The number of nitrogens with two attached hydrogens (primary N) is 1. The molecule has 0 radical (unpaired) electrons. The van der Waals surface area contributed by atoms with Crippen LogP contribution in [0.15, 0.2) is 45.4 Å². The van der Waals surface area contributed by atoms with Gasteiger partial charge in [0.25, 0.3) is 0 Å². The van der Waals surface area contributed by atoms with Crippen molar-refractivity contribution in [3.05, 3.63) is 35.4 Å². The number of carbonyl (C=O) groups is 4. The first-order valence-corrected chi connectivity index (χ1v) is 23.4. The van der Waals surface area contributed by atoms with Gasteiger partial charge in [0, 0.05) is 72.6 Å². The summed E-state index contributed by atoms with van der Waals surface area (Å²) in [5, 5.41) is 14.8. The third-order valence-electron chi connectivity index (χ3n) is 13.5. The predicted molar refractivity (Wildman–Crippen MR) is 249 cm³/mol. The van der Waals surface area contributed by atoms with E-state index in [2.05, 4.69) is 10.3 Å². The predicted octanol–water partition coefficient (Wildman–Crippen LogP) is 4.25. The molecule has 14 atom stereocenters.